The Bertz CT molecular complexity index is 1840. The number of hydrogen-bond donors (Lipinski definition) is 0. The zero-order chi connectivity index (χ0) is 30.2. The number of likely N-dealkylation sites (tertiary alicyclic amines) is 1. The fourth-order valence-corrected chi connectivity index (χ4v) is 8.39. The van der Waals surface area contributed by atoms with E-state index in [1.807, 2.05) is 28.0 Å². The van der Waals surface area contributed by atoms with E-state index in [1.165, 1.54) is 12.1 Å². The molecule has 3 aromatic carbocycles. The minimum absolute atomic E-state index is 0.00173. The Balaban J connectivity index is 1.25. The molecule has 1 aromatic heterocycles. The summed E-state index contributed by atoms with van der Waals surface area (Å²) in [5.74, 6) is -1.19. The second-order valence-corrected chi connectivity index (χ2v) is 12.8. The molecule has 10 heteroatoms. The molecule has 7 nitrogen and oxygen atoms in total. The van der Waals surface area contributed by atoms with E-state index in [4.69, 9.17) is 21.3 Å². The largest absolute Gasteiger partial charge is 0.461 e. The highest BCUT2D eigenvalue weighted by Gasteiger charge is 2.50. The second-order valence-electron chi connectivity index (χ2n) is 12.4. The molecule has 4 fully saturated rings. The highest BCUT2D eigenvalue weighted by molar-refractivity contribution is 6.36. The van der Waals surface area contributed by atoms with Gasteiger partial charge in [0.05, 0.1) is 23.2 Å². The normalized spacial score (nSPS) is 22.3. The lowest BCUT2D eigenvalue weighted by Gasteiger charge is -2.47. The first-order valence-corrected chi connectivity index (χ1v) is 15.7. The van der Waals surface area contributed by atoms with Crippen molar-refractivity contribution in [2.24, 2.45) is 0 Å². The molecule has 0 unspecified atom stereocenters. The fourth-order valence-electron chi connectivity index (χ4n) is 8.11. The maximum Gasteiger partial charge on any atom is 0.319 e. The first-order valence-electron chi connectivity index (χ1n) is 15.3. The number of halogens is 3. The van der Waals surface area contributed by atoms with Crippen molar-refractivity contribution in [2.75, 3.05) is 37.7 Å². The SMILES string of the molecule is C=CC(=O)N1CC[C@H]2[C@H]1CN2c1nc(OCC23CCCN2CCC3)nc2c(F)c(-c3cccc4cccc(Cl)c34)c(F)cc12. The number of carbonyl (C=O) groups is 1. The Labute approximate surface area is 259 Å². The maximum absolute atomic E-state index is 16.7. The van der Waals surface area contributed by atoms with Gasteiger partial charge in [0.15, 0.2) is 5.82 Å². The summed E-state index contributed by atoms with van der Waals surface area (Å²) >= 11 is 6.56. The van der Waals surface area contributed by atoms with Gasteiger partial charge in [0.1, 0.15) is 23.8 Å². The van der Waals surface area contributed by atoms with E-state index in [0.717, 1.165) is 50.6 Å². The van der Waals surface area contributed by atoms with Crippen LogP contribution in [-0.4, -0.2) is 76.1 Å². The molecule has 4 saturated heterocycles. The third-order valence-electron chi connectivity index (χ3n) is 10.3. The van der Waals surface area contributed by atoms with Crippen LogP contribution in [0.25, 0.3) is 32.8 Å². The smallest absolute Gasteiger partial charge is 0.319 e. The quantitative estimate of drug-likeness (QED) is 0.235. The van der Waals surface area contributed by atoms with Crippen molar-refractivity contribution in [1.82, 2.24) is 19.8 Å². The van der Waals surface area contributed by atoms with Gasteiger partial charge in [-0.15, -0.1) is 0 Å². The monoisotopic (exact) mass is 615 g/mol. The molecule has 1 amide bonds. The number of rotatable bonds is 6. The molecule has 0 aliphatic carbocycles. The number of benzene rings is 3. The molecule has 0 N–H and O–H groups in total. The number of hydrogen-bond acceptors (Lipinski definition) is 6. The molecule has 4 aliphatic rings. The summed E-state index contributed by atoms with van der Waals surface area (Å²) in [6.45, 7) is 7.24. The lowest BCUT2D eigenvalue weighted by atomic mass is 9.94. The van der Waals surface area contributed by atoms with E-state index >= 15 is 8.78 Å². The van der Waals surface area contributed by atoms with E-state index in [-0.39, 0.29) is 46.0 Å². The molecule has 44 heavy (non-hydrogen) atoms. The van der Waals surface area contributed by atoms with Gasteiger partial charge in [-0.25, -0.2) is 8.78 Å². The molecule has 0 radical (unpaired) electrons. The molecule has 0 saturated carbocycles. The number of ether oxygens (including phenoxy) is 1. The van der Waals surface area contributed by atoms with E-state index in [1.54, 1.807) is 18.2 Å². The molecule has 4 aromatic rings. The zero-order valence-corrected chi connectivity index (χ0v) is 25.0. The second kappa shape index (κ2) is 10.4. The van der Waals surface area contributed by atoms with Crippen LogP contribution >= 0.6 is 11.6 Å². The van der Waals surface area contributed by atoms with Crippen molar-refractivity contribution in [1.29, 1.82) is 0 Å². The molecular formula is C34H32ClF2N5O2. The van der Waals surface area contributed by atoms with Crippen molar-refractivity contribution in [3.05, 3.63) is 71.8 Å². The summed E-state index contributed by atoms with van der Waals surface area (Å²) in [6.07, 6.45) is 6.38. The number of amides is 1. The number of anilines is 1. The van der Waals surface area contributed by atoms with Gasteiger partial charge in [0, 0.05) is 28.9 Å². The topological polar surface area (TPSA) is 61.8 Å². The van der Waals surface area contributed by atoms with Crippen LogP contribution in [0.15, 0.2) is 55.1 Å². The first-order chi connectivity index (χ1) is 21.4. The Hall–Kier alpha value is -3.82. The molecule has 0 bridgehead atoms. The number of carbonyl (C=O) groups excluding carboxylic acids is 1. The van der Waals surface area contributed by atoms with Gasteiger partial charge in [-0.3, -0.25) is 9.69 Å². The summed E-state index contributed by atoms with van der Waals surface area (Å²) in [5.41, 5.74) is 0.118. The van der Waals surface area contributed by atoms with Crippen molar-refractivity contribution >= 4 is 45.0 Å². The lowest BCUT2D eigenvalue weighted by Crippen LogP contribution is -2.63. The van der Waals surface area contributed by atoms with E-state index in [2.05, 4.69) is 16.5 Å². The zero-order valence-electron chi connectivity index (χ0n) is 24.2. The molecule has 2 atom stereocenters. The minimum atomic E-state index is -0.783. The van der Waals surface area contributed by atoms with Crippen molar-refractivity contribution < 1.29 is 18.3 Å². The molecule has 226 valence electrons. The highest BCUT2D eigenvalue weighted by atomic mass is 35.5. The van der Waals surface area contributed by atoms with Gasteiger partial charge in [0.25, 0.3) is 0 Å². The number of nitrogens with zero attached hydrogens (tertiary/aromatic N) is 5. The van der Waals surface area contributed by atoms with Crippen LogP contribution in [0.3, 0.4) is 0 Å². The molecule has 0 spiro atoms. The van der Waals surface area contributed by atoms with Crippen LogP contribution in [0.5, 0.6) is 6.01 Å². The van der Waals surface area contributed by atoms with Crippen molar-refractivity contribution in [3.8, 4) is 17.1 Å². The Kier molecular flexibility index (Phi) is 6.54. The number of aromatic nitrogens is 2. The van der Waals surface area contributed by atoms with E-state index in [0.29, 0.717) is 41.5 Å². The van der Waals surface area contributed by atoms with Gasteiger partial charge in [-0.05, 0) is 74.4 Å². The summed E-state index contributed by atoms with van der Waals surface area (Å²) in [5, 5.41) is 2.04. The Morgan fingerprint density at radius 3 is 2.64 bits per heavy atom. The Morgan fingerprint density at radius 2 is 1.86 bits per heavy atom. The van der Waals surface area contributed by atoms with Gasteiger partial charge < -0.3 is 14.5 Å². The van der Waals surface area contributed by atoms with Crippen LogP contribution in [0.4, 0.5) is 14.6 Å². The summed E-state index contributed by atoms with van der Waals surface area (Å²) in [6, 6.07) is 12.1. The van der Waals surface area contributed by atoms with Crippen molar-refractivity contribution in [2.45, 2.75) is 49.7 Å². The third-order valence-corrected chi connectivity index (χ3v) is 10.6. The van der Waals surface area contributed by atoms with Crippen LogP contribution < -0.4 is 9.64 Å². The minimum Gasteiger partial charge on any atom is -0.461 e. The van der Waals surface area contributed by atoms with Crippen LogP contribution in [0, 0.1) is 11.6 Å². The molecule has 5 heterocycles. The fraction of sp³-hybridized carbons (Fsp3) is 0.382. The van der Waals surface area contributed by atoms with Crippen LogP contribution in [-0.2, 0) is 4.79 Å². The Morgan fingerprint density at radius 1 is 1.09 bits per heavy atom. The lowest BCUT2D eigenvalue weighted by molar-refractivity contribution is -0.127. The highest BCUT2D eigenvalue weighted by Crippen LogP contribution is 2.44. The van der Waals surface area contributed by atoms with Gasteiger partial charge in [-0.1, -0.05) is 48.5 Å². The average Bonchev–Trinajstić information content (AvgIpc) is 3.69. The number of fused-ring (bicyclic) bond motifs is 4. The summed E-state index contributed by atoms with van der Waals surface area (Å²) in [4.78, 5) is 28.1. The van der Waals surface area contributed by atoms with Gasteiger partial charge in [0.2, 0.25) is 5.91 Å². The van der Waals surface area contributed by atoms with Crippen LogP contribution in [0.1, 0.15) is 32.1 Å². The predicted molar refractivity (Wildman–Crippen MR) is 167 cm³/mol. The summed E-state index contributed by atoms with van der Waals surface area (Å²) in [7, 11) is 0. The average molecular weight is 616 g/mol. The standard InChI is InChI=1S/C34H32ClF2N5O2/c1-2-27(43)41-16-11-25-26(41)18-42(25)32-22-17-24(36)29(21-9-3-7-20-8-4-10-23(35)28(20)21)30(37)31(22)38-33(39-32)44-19-34-12-5-14-40(34)15-6-13-34/h2-4,7-10,17,25-26H,1,5-6,11-16,18-19H2/t25-,26+/m0/s1. The predicted octanol–water partition coefficient (Wildman–Crippen LogP) is 6.36. The maximum atomic E-state index is 16.7. The van der Waals surface area contributed by atoms with E-state index in [9.17, 15) is 4.79 Å². The molecular weight excluding hydrogens is 584 g/mol. The third kappa shape index (κ3) is 4.12. The van der Waals surface area contributed by atoms with Crippen molar-refractivity contribution in [3.63, 3.8) is 0 Å². The summed E-state index contributed by atoms with van der Waals surface area (Å²) < 4.78 is 39.2. The molecule has 4 aliphatic heterocycles. The first kappa shape index (κ1) is 27.7. The van der Waals surface area contributed by atoms with Crippen LogP contribution in [0.2, 0.25) is 5.02 Å². The van der Waals surface area contributed by atoms with E-state index < -0.39 is 11.6 Å². The van der Waals surface area contributed by atoms with Gasteiger partial charge in [-0.2, -0.15) is 9.97 Å². The van der Waals surface area contributed by atoms with Gasteiger partial charge >= 0.3 is 6.01 Å². The molecule has 8 rings (SSSR count).